The zero-order valence-electron chi connectivity index (χ0n) is 18.0. The van der Waals surface area contributed by atoms with Crippen LogP contribution in [0.2, 0.25) is 0 Å². The second kappa shape index (κ2) is 9.41. The third-order valence-electron chi connectivity index (χ3n) is 6.28. The highest BCUT2D eigenvalue weighted by Gasteiger charge is 2.37. The lowest BCUT2D eigenvalue weighted by molar-refractivity contribution is -0.137. The Morgan fingerprint density at radius 2 is 1.70 bits per heavy atom. The number of hydrogen-bond donors (Lipinski definition) is 0. The highest BCUT2D eigenvalue weighted by Crippen LogP contribution is 2.32. The lowest BCUT2D eigenvalue weighted by atomic mass is 10.1. The van der Waals surface area contributed by atoms with Gasteiger partial charge in [-0.3, -0.25) is 9.59 Å². The topological polar surface area (TPSA) is 43.9 Å². The van der Waals surface area contributed by atoms with Gasteiger partial charge >= 0.3 is 6.18 Å². The highest BCUT2D eigenvalue weighted by molar-refractivity contribution is 5.89. The normalized spacial score (nSPS) is 19.3. The van der Waals surface area contributed by atoms with Crippen LogP contribution in [0, 0.1) is 11.7 Å². The molecule has 0 radical (unpaired) electrons. The summed E-state index contributed by atoms with van der Waals surface area (Å²) in [6, 6.07) is 11.3. The van der Waals surface area contributed by atoms with Crippen molar-refractivity contribution in [2.24, 2.45) is 5.92 Å². The van der Waals surface area contributed by atoms with Crippen molar-refractivity contribution < 1.29 is 27.2 Å². The minimum absolute atomic E-state index is 0.0712. The maximum atomic E-state index is 13.0. The van der Waals surface area contributed by atoms with Crippen molar-refractivity contribution >= 4 is 17.5 Å². The van der Waals surface area contributed by atoms with Crippen molar-refractivity contribution in [2.45, 2.75) is 19.0 Å². The third-order valence-corrected chi connectivity index (χ3v) is 6.28. The van der Waals surface area contributed by atoms with Gasteiger partial charge in [0, 0.05) is 51.4 Å². The first-order valence-corrected chi connectivity index (χ1v) is 10.9. The molecule has 1 unspecified atom stereocenters. The van der Waals surface area contributed by atoms with E-state index in [1.54, 1.807) is 28.0 Å². The van der Waals surface area contributed by atoms with Crippen LogP contribution in [-0.4, -0.2) is 60.9 Å². The van der Waals surface area contributed by atoms with Gasteiger partial charge in [-0.1, -0.05) is 18.2 Å². The largest absolute Gasteiger partial charge is 0.416 e. The van der Waals surface area contributed by atoms with Crippen LogP contribution in [0.5, 0.6) is 0 Å². The van der Waals surface area contributed by atoms with Crippen molar-refractivity contribution in [1.29, 1.82) is 0 Å². The number of piperazine rings is 1. The second-order valence-electron chi connectivity index (χ2n) is 8.48. The van der Waals surface area contributed by atoms with Crippen LogP contribution in [0.4, 0.5) is 23.2 Å². The Kier molecular flexibility index (Phi) is 6.58. The van der Waals surface area contributed by atoms with Crippen LogP contribution in [0.3, 0.4) is 0 Å². The van der Waals surface area contributed by atoms with E-state index in [2.05, 4.69) is 0 Å². The number of hydrogen-bond acceptors (Lipinski definition) is 3. The predicted molar refractivity (Wildman–Crippen MR) is 115 cm³/mol. The van der Waals surface area contributed by atoms with Gasteiger partial charge in [0.15, 0.2) is 0 Å². The van der Waals surface area contributed by atoms with Crippen molar-refractivity contribution in [2.75, 3.05) is 44.2 Å². The number of benzene rings is 2. The summed E-state index contributed by atoms with van der Waals surface area (Å²) in [5.74, 6) is -0.880. The lowest BCUT2D eigenvalue weighted by Gasteiger charge is -2.37. The Bertz CT molecular complexity index is 1000. The van der Waals surface area contributed by atoms with Crippen molar-refractivity contribution in [1.82, 2.24) is 9.80 Å². The number of likely N-dealkylation sites (tertiary alicyclic amines) is 1. The fourth-order valence-electron chi connectivity index (χ4n) is 4.39. The molecular weight excluding hydrogens is 438 g/mol. The summed E-state index contributed by atoms with van der Waals surface area (Å²) in [5.41, 5.74) is 0.716. The maximum absolute atomic E-state index is 13.0. The van der Waals surface area contributed by atoms with Crippen LogP contribution >= 0.6 is 0 Å². The second-order valence-corrected chi connectivity index (χ2v) is 8.48. The first kappa shape index (κ1) is 23.1. The summed E-state index contributed by atoms with van der Waals surface area (Å²) in [5, 5.41) is 0. The van der Waals surface area contributed by atoms with Gasteiger partial charge in [-0.25, -0.2) is 4.39 Å². The molecule has 0 spiro atoms. The van der Waals surface area contributed by atoms with Gasteiger partial charge in [-0.2, -0.15) is 13.2 Å². The van der Waals surface area contributed by atoms with Crippen LogP contribution in [0.15, 0.2) is 48.5 Å². The molecule has 0 saturated carbocycles. The first-order valence-electron chi connectivity index (χ1n) is 10.9. The van der Waals surface area contributed by atoms with E-state index in [-0.39, 0.29) is 24.1 Å². The fourth-order valence-corrected chi connectivity index (χ4v) is 4.39. The number of rotatable bonds is 5. The minimum atomic E-state index is -4.40. The molecule has 2 aliphatic rings. The molecule has 2 aromatic rings. The van der Waals surface area contributed by atoms with Gasteiger partial charge in [0.1, 0.15) is 5.82 Å². The summed E-state index contributed by atoms with van der Waals surface area (Å²) in [6.07, 6.45) is -3.65. The molecule has 0 aromatic heterocycles. The van der Waals surface area contributed by atoms with E-state index in [1.807, 2.05) is 4.90 Å². The number of amides is 2. The molecule has 5 nitrogen and oxygen atoms in total. The van der Waals surface area contributed by atoms with E-state index in [0.29, 0.717) is 51.4 Å². The average molecular weight is 463 g/mol. The number of carbonyl (C=O) groups excluding carboxylic acids is 2. The van der Waals surface area contributed by atoms with Crippen molar-refractivity contribution in [3.05, 3.63) is 65.5 Å². The number of halogens is 4. The minimum Gasteiger partial charge on any atom is -0.368 e. The summed E-state index contributed by atoms with van der Waals surface area (Å²) in [7, 11) is 0. The summed E-state index contributed by atoms with van der Waals surface area (Å²) in [6.45, 7) is 2.49. The van der Waals surface area contributed by atoms with Crippen molar-refractivity contribution in [3.63, 3.8) is 0 Å². The highest BCUT2D eigenvalue weighted by atomic mass is 19.4. The van der Waals surface area contributed by atoms with E-state index in [4.69, 9.17) is 0 Å². The number of carbonyl (C=O) groups is 2. The molecule has 4 rings (SSSR count). The Labute approximate surface area is 189 Å². The molecule has 33 heavy (non-hydrogen) atoms. The van der Waals surface area contributed by atoms with Crippen LogP contribution in [0.1, 0.15) is 17.5 Å². The summed E-state index contributed by atoms with van der Waals surface area (Å²) >= 11 is 0. The fraction of sp³-hybridized carbons (Fsp3) is 0.417. The standard InChI is InChI=1S/C24H25F4N3O2/c25-20-6-4-17(5-7-20)8-9-31-16-18(14-22(31)32)23(33)30-12-10-29(11-13-30)21-3-1-2-19(15-21)24(26,27)28/h1-7,15,18H,8-14,16H2. The van der Waals surface area contributed by atoms with Crippen LogP contribution in [-0.2, 0) is 22.2 Å². The van der Waals surface area contributed by atoms with Gasteiger partial charge in [-0.05, 0) is 42.3 Å². The molecular formula is C24H25F4N3O2. The maximum Gasteiger partial charge on any atom is 0.416 e. The Balaban J connectivity index is 1.29. The van der Waals surface area contributed by atoms with Crippen molar-refractivity contribution in [3.8, 4) is 0 Å². The van der Waals surface area contributed by atoms with Gasteiger partial charge in [0.2, 0.25) is 11.8 Å². The summed E-state index contributed by atoms with van der Waals surface area (Å²) < 4.78 is 52.0. The molecule has 9 heteroatoms. The molecule has 2 aromatic carbocycles. The Hall–Kier alpha value is -3.10. The van der Waals surface area contributed by atoms with Gasteiger partial charge in [-0.15, -0.1) is 0 Å². The molecule has 2 fully saturated rings. The lowest BCUT2D eigenvalue weighted by Crippen LogP contribution is -2.50. The molecule has 2 heterocycles. The Morgan fingerprint density at radius 1 is 1.00 bits per heavy atom. The number of alkyl halides is 3. The summed E-state index contributed by atoms with van der Waals surface area (Å²) in [4.78, 5) is 30.6. The first-order chi connectivity index (χ1) is 15.7. The van der Waals surface area contributed by atoms with E-state index >= 15 is 0 Å². The molecule has 1 atom stereocenters. The SMILES string of the molecule is O=C1CC(C(=O)N2CCN(c3cccc(C(F)(F)F)c3)CC2)CN1CCc1ccc(F)cc1. The van der Waals surface area contributed by atoms with E-state index in [0.717, 1.165) is 17.7 Å². The monoisotopic (exact) mass is 463 g/mol. The quantitative estimate of drug-likeness (QED) is 0.637. The molecule has 2 amide bonds. The van der Waals surface area contributed by atoms with E-state index in [9.17, 15) is 27.2 Å². The van der Waals surface area contributed by atoms with Gasteiger partial charge in [0.05, 0.1) is 11.5 Å². The molecule has 2 aliphatic heterocycles. The number of anilines is 1. The number of nitrogens with zero attached hydrogens (tertiary/aromatic N) is 3. The molecule has 0 N–H and O–H groups in total. The Morgan fingerprint density at radius 3 is 2.36 bits per heavy atom. The average Bonchev–Trinajstić information content (AvgIpc) is 3.18. The van der Waals surface area contributed by atoms with E-state index < -0.39 is 17.7 Å². The third kappa shape index (κ3) is 5.46. The predicted octanol–water partition coefficient (Wildman–Crippen LogP) is 3.58. The van der Waals surface area contributed by atoms with Crippen LogP contribution < -0.4 is 4.90 Å². The zero-order valence-corrected chi connectivity index (χ0v) is 18.0. The molecule has 0 bridgehead atoms. The zero-order chi connectivity index (χ0) is 23.6. The van der Waals surface area contributed by atoms with Gasteiger partial charge < -0.3 is 14.7 Å². The van der Waals surface area contributed by atoms with E-state index in [1.165, 1.54) is 18.2 Å². The van der Waals surface area contributed by atoms with Gasteiger partial charge in [0.25, 0.3) is 0 Å². The van der Waals surface area contributed by atoms with Crippen LogP contribution in [0.25, 0.3) is 0 Å². The molecule has 176 valence electrons. The smallest absolute Gasteiger partial charge is 0.368 e. The molecule has 2 saturated heterocycles. The molecule has 0 aliphatic carbocycles.